The quantitative estimate of drug-likeness (QED) is 0.0896. The minimum Gasteiger partial charge on any atom is -0.481 e. The van der Waals surface area contributed by atoms with Gasteiger partial charge in [-0.15, -0.1) is 0 Å². The van der Waals surface area contributed by atoms with Crippen molar-refractivity contribution in [1.82, 2.24) is 14.5 Å². The number of anilines is 2. The maximum absolute atomic E-state index is 13.4. The number of ether oxygens (including phenoxy) is 1. The van der Waals surface area contributed by atoms with Gasteiger partial charge in [-0.25, -0.2) is 24.4 Å². The first-order valence-corrected chi connectivity index (χ1v) is 13.7. The van der Waals surface area contributed by atoms with E-state index in [2.05, 4.69) is 20.0 Å². The molecule has 0 fully saturated rings. The first kappa shape index (κ1) is 34.9. The second-order valence-corrected chi connectivity index (χ2v) is 9.49. The number of nitrogens with two attached hydrogens (primary N) is 1. The number of hydrogen-bond acceptors (Lipinski definition) is 9. The van der Waals surface area contributed by atoms with Gasteiger partial charge in [0.15, 0.2) is 0 Å². The van der Waals surface area contributed by atoms with Gasteiger partial charge in [-0.05, 0) is 54.6 Å². The first-order chi connectivity index (χ1) is 22.4. The molecule has 0 aliphatic rings. The van der Waals surface area contributed by atoms with E-state index in [0.29, 0.717) is 41.2 Å². The summed E-state index contributed by atoms with van der Waals surface area (Å²) < 4.78 is 6.41. The van der Waals surface area contributed by atoms with E-state index in [0.717, 1.165) is 17.0 Å². The second kappa shape index (κ2) is 16.5. The number of carbonyl (C=O) groups excluding carboxylic acids is 2. The number of amides is 2. The smallest absolute Gasteiger partial charge is 0.435 e. The molecule has 0 radical (unpaired) electrons. The number of carbonyl (C=O) groups is 5. The van der Waals surface area contributed by atoms with Gasteiger partial charge in [0.25, 0.3) is 5.91 Å². The number of imidazole rings is 1. The number of aliphatic carboxylic acids is 3. The van der Waals surface area contributed by atoms with Crippen molar-refractivity contribution in [1.29, 1.82) is 0 Å². The fraction of sp³-hybridized carbons (Fsp3) is 0.161. The van der Waals surface area contributed by atoms with Gasteiger partial charge in [0.1, 0.15) is 17.5 Å². The Bertz CT molecular complexity index is 1800. The third-order valence-corrected chi connectivity index (χ3v) is 6.33. The highest BCUT2D eigenvalue weighted by atomic mass is 16.5. The molecule has 4 rings (SSSR count). The number of aromatic nitrogens is 3. The van der Waals surface area contributed by atoms with Crippen LogP contribution in [0.3, 0.4) is 0 Å². The lowest BCUT2D eigenvalue weighted by molar-refractivity contribution is -0.137. The molecule has 244 valence electrons. The van der Waals surface area contributed by atoms with Crippen LogP contribution < -0.4 is 16.0 Å². The van der Waals surface area contributed by atoms with Crippen LogP contribution in [-0.4, -0.2) is 79.3 Å². The molecule has 6 N–H and O–H groups in total. The average molecular weight is 646 g/mol. The number of nitrogens with one attached hydrogen (secondary N) is 1. The highest BCUT2D eigenvalue weighted by Crippen LogP contribution is 2.21. The van der Waals surface area contributed by atoms with Crippen molar-refractivity contribution in [3.05, 3.63) is 96.0 Å². The standard InChI is InChI=1S/C27H27N7O5.C4H4O4/c1-33-21-11-8-18(26(37)34(14-12-24(35)36)22-5-3-4-13-29-22)15-20(21)31-23(33)16-30-19-9-6-17(7-10-19)25(28)32-27(38)39-2;5-3(6)1-2-4(7)8/h3-11,13,15,30H,12,14,16H2,1-2H3,(H,35,36)(H2,28,32,38);1-2H,(H,5,6)(H,7,8)/b;2-1-. The SMILES string of the molecule is COC(=O)/N=C(\N)c1ccc(NCc2nc3cc(C(=O)N(CCC(=O)O)c4ccccn4)ccc3n2C)cc1.O=C(O)/C=C\C(=O)O. The Labute approximate surface area is 267 Å². The Morgan fingerprint density at radius 2 is 1.64 bits per heavy atom. The number of fused-ring (bicyclic) bond motifs is 1. The normalized spacial score (nSPS) is 11.0. The maximum atomic E-state index is 13.4. The van der Waals surface area contributed by atoms with Gasteiger partial charge >= 0.3 is 24.0 Å². The van der Waals surface area contributed by atoms with Crippen LogP contribution in [-0.2, 0) is 32.7 Å². The minimum atomic E-state index is -1.26. The Balaban J connectivity index is 0.000000665. The lowest BCUT2D eigenvalue weighted by Crippen LogP contribution is -2.33. The zero-order chi connectivity index (χ0) is 34.5. The summed E-state index contributed by atoms with van der Waals surface area (Å²) in [6.45, 7) is 0.387. The predicted octanol–water partition coefficient (Wildman–Crippen LogP) is 2.89. The van der Waals surface area contributed by atoms with Gasteiger partial charge < -0.3 is 35.7 Å². The number of benzene rings is 2. The van der Waals surface area contributed by atoms with Crippen molar-refractivity contribution in [3.63, 3.8) is 0 Å². The van der Waals surface area contributed by atoms with Crippen LogP contribution in [0.4, 0.5) is 16.3 Å². The van der Waals surface area contributed by atoms with Crippen molar-refractivity contribution in [2.24, 2.45) is 17.8 Å². The van der Waals surface area contributed by atoms with E-state index >= 15 is 0 Å². The maximum Gasteiger partial charge on any atom is 0.435 e. The molecule has 4 aromatic rings. The largest absolute Gasteiger partial charge is 0.481 e. The summed E-state index contributed by atoms with van der Waals surface area (Å²) in [5.74, 6) is -2.72. The van der Waals surface area contributed by atoms with Crippen molar-refractivity contribution >= 4 is 58.3 Å². The number of pyridine rings is 1. The summed E-state index contributed by atoms with van der Waals surface area (Å²) in [6.07, 6.45) is 1.68. The molecule has 0 aliphatic carbocycles. The van der Waals surface area contributed by atoms with E-state index in [9.17, 15) is 24.0 Å². The Morgan fingerprint density at radius 3 is 2.21 bits per heavy atom. The average Bonchev–Trinajstić information content (AvgIpc) is 3.37. The molecule has 0 saturated heterocycles. The number of nitrogens with zero attached hydrogens (tertiary/aromatic N) is 5. The Hall–Kier alpha value is -6.58. The van der Waals surface area contributed by atoms with Crippen LogP contribution in [0.2, 0.25) is 0 Å². The van der Waals surface area contributed by atoms with Gasteiger partial charge in [-0.3, -0.25) is 14.5 Å². The minimum absolute atomic E-state index is 0.0143. The number of methoxy groups -OCH3 is 1. The lowest BCUT2D eigenvalue weighted by Gasteiger charge is -2.21. The summed E-state index contributed by atoms with van der Waals surface area (Å²) in [6, 6.07) is 17.4. The number of carboxylic acid groups (broad SMARTS) is 3. The fourth-order valence-corrected chi connectivity index (χ4v) is 4.03. The van der Waals surface area contributed by atoms with Gasteiger partial charge in [-0.1, -0.05) is 6.07 Å². The molecule has 0 spiro atoms. The first-order valence-electron chi connectivity index (χ1n) is 13.7. The second-order valence-electron chi connectivity index (χ2n) is 9.49. The highest BCUT2D eigenvalue weighted by molar-refractivity contribution is 6.07. The monoisotopic (exact) mass is 645 g/mol. The highest BCUT2D eigenvalue weighted by Gasteiger charge is 2.21. The molecule has 2 amide bonds. The molecular weight excluding hydrogens is 614 g/mol. The van der Waals surface area contributed by atoms with E-state index < -0.39 is 24.0 Å². The number of aryl methyl sites for hydroxylation is 1. The number of hydrogen-bond donors (Lipinski definition) is 5. The van der Waals surface area contributed by atoms with Gasteiger partial charge in [0.05, 0.1) is 31.1 Å². The molecule has 2 aromatic heterocycles. The summed E-state index contributed by atoms with van der Waals surface area (Å²) >= 11 is 0. The molecule has 2 aromatic carbocycles. The predicted molar refractivity (Wildman–Crippen MR) is 170 cm³/mol. The van der Waals surface area contributed by atoms with Crippen molar-refractivity contribution < 1.29 is 44.0 Å². The summed E-state index contributed by atoms with van der Waals surface area (Å²) in [5, 5.41) is 28.1. The third-order valence-electron chi connectivity index (χ3n) is 6.33. The summed E-state index contributed by atoms with van der Waals surface area (Å²) in [4.78, 5) is 68.8. The van der Waals surface area contributed by atoms with Crippen LogP contribution in [0, 0.1) is 0 Å². The molecule has 16 heteroatoms. The fourth-order valence-electron chi connectivity index (χ4n) is 4.03. The molecule has 0 aliphatic heterocycles. The Morgan fingerprint density at radius 1 is 0.979 bits per heavy atom. The van der Waals surface area contributed by atoms with Gasteiger partial charge in [0.2, 0.25) is 0 Å². The lowest BCUT2D eigenvalue weighted by atomic mass is 10.1. The zero-order valence-electron chi connectivity index (χ0n) is 25.2. The molecule has 0 atom stereocenters. The molecule has 0 unspecified atom stereocenters. The van der Waals surface area contributed by atoms with Crippen LogP contribution in [0.5, 0.6) is 0 Å². The van der Waals surface area contributed by atoms with E-state index in [1.54, 1.807) is 60.8 Å². The van der Waals surface area contributed by atoms with Crippen LogP contribution in [0.1, 0.15) is 28.2 Å². The van der Waals surface area contributed by atoms with Crippen LogP contribution in [0.25, 0.3) is 11.0 Å². The molecular formula is C31H31N7O9. The van der Waals surface area contributed by atoms with E-state index in [1.807, 2.05) is 17.7 Å². The number of aliphatic imine (C=N–C) groups is 1. The topological polar surface area (TPSA) is 240 Å². The van der Waals surface area contributed by atoms with Gasteiger partial charge in [-0.2, -0.15) is 4.99 Å². The van der Waals surface area contributed by atoms with Gasteiger partial charge in [0, 0.05) is 48.8 Å². The summed E-state index contributed by atoms with van der Waals surface area (Å²) in [5.41, 5.74) is 9.04. The molecule has 47 heavy (non-hydrogen) atoms. The third kappa shape index (κ3) is 10.2. The van der Waals surface area contributed by atoms with Crippen LogP contribution in [0.15, 0.2) is 84.0 Å². The number of carboxylic acids is 3. The molecule has 16 nitrogen and oxygen atoms in total. The Kier molecular flexibility index (Phi) is 12.2. The summed E-state index contributed by atoms with van der Waals surface area (Å²) in [7, 11) is 3.11. The molecule has 2 heterocycles. The van der Waals surface area contributed by atoms with Crippen molar-refractivity contribution in [2.45, 2.75) is 13.0 Å². The van der Waals surface area contributed by atoms with E-state index in [-0.39, 0.29) is 24.7 Å². The van der Waals surface area contributed by atoms with Crippen molar-refractivity contribution in [3.8, 4) is 0 Å². The van der Waals surface area contributed by atoms with Crippen LogP contribution >= 0.6 is 0 Å². The molecule has 0 bridgehead atoms. The van der Waals surface area contributed by atoms with E-state index in [4.69, 9.17) is 26.0 Å². The van der Waals surface area contributed by atoms with E-state index in [1.165, 1.54) is 12.0 Å². The number of rotatable bonds is 11. The number of amidine groups is 1. The van der Waals surface area contributed by atoms with Crippen molar-refractivity contribution in [2.75, 3.05) is 23.9 Å². The zero-order valence-corrected chi connectivity index (χ0v) is 25.2. The molecule has 0 saturated carbocycles.